The average Bonchev–Trinajstić information content (AvgIpc) is 3.25. The van der Waals surface area contributed by atoms with Gasteiger partial charge in [0.15, 0.2) is 5.82 Å². The Morgan fingerprint density at radius 2 is 1.62 bits per heavy atom. The molecular weight excluding hydrogens is 486 g/mol. The predicted molar refractivity (Wildman–Crippen MR) is 141 cm³/mol. The number of sulfonamides is 1. The molecule has 0 radical (unpaired) electrons. The van der Waals surface area contributed by atoms with Gasteiger partial charge in [0, 0.05) is 32.3 Å². The lowest BCUT2D eigenvalue weighted by Crippen LogP contribution is -2.40. The summed E-state index contributed by atoms with van der Waals surface area (Å²) in [5, 5.41) is 0.720. The van der Waals surface area contributed by atoms with Gasteiger partial charge >= 0.3 is 0 Å². The second-order valence-electron chi connectivity index (χ2n) is 9.24. The predicted octanol–water partition coefficient (Wildman–Crippen LogP) is 6.89. The highest BCUT2D eigenvalue weighted by Crippen LogP contribution is 2.33. The quantitative estimate of drug-likeness (QED) is 0.317. The zero-order chi connectivity index (χ0) is 24.7. The van der Waals surface area contributed by atoms with Crippen molar-refractivity contribution in [2.24, 2.45) is 0 Å². The van der Waals surface area contributed by atoms with E-state index in [1.54, 1.807) is 6.07 Å². The summed E-state index contributed by atoms with van der Waals surface area (Å²) in [6, 6.07) is 19.1. The highest BCUT2D eigenvalue weighted by atomic mass is 35.5. The fourth-order valence-electron chi connectivity index (χ4n) is 3.53. The molecule has 2 heterocycles. The normalized spacial score (nSPS) is 12.2. The molecule has 0 unspecified atom stereocenters. The number of aromatic nitrogens is 2. The Morgan fingerprint density at radius 3 is 2.32 bits per heavy atom. The number of hydrogen-bond donors (Lipinski definition) is 1. The monoisotopic (exact) mass is 511 g/mol. The van der Waals surface area contributed by atoms with Crippen molar-refractivity contribution in [2.45, 2.75) is 44.4 Å². The lowest BCUT2D eigenvalue weighted by atomic mass is 10.1. The molecule has 0 spiro atoms. The summed E-state index contributed by atoms with van der Waals surface area (Å²) < 4.78 is 28.4. The topological polar surface area (TPSA) is 72.0 Å². The van der Waals surface area contributed by atoms with Gasteiger partial charge in [0.05, 0.1) is 5.69 Å². The van der Waals surface area contributed by atoms with Crippen LogP contribution < -0.4 is 4.72 Å². The van der Waals surface area contributed by atoms with E-state index >= 15 is 0 Å². The molecule has 1 N–H and O–H groups in total. The minimum atomic E-state index is -3.58. The molecule has 0 atom stereocenters. The lowest BCUT2D eigenvalue weighted by molar-refractivity contribution is 0.492. The molecule has 4 rings (SSSR count). The maximum Gasteiger partial charge on any atom is 0.250 e. The van der Waals surface area contributed by atoms with E-state index in [1.165, 1.54) is 11.3 Å². The van der Waals surface area contributed by atoms with Gasteiger partial charge in [-0.15, -0.1) is 11.3 Å². The van der Waals surface area contributed by atoms with Crippen LogP contribution in [0.5, 0.6) is 0 Å². The molecule has 34 heavy (non-hydrogen) atoms. The zero-order valence-electron chi connectivity index (χ0n) is 19.7. The van der Waals surface area contributed by atoms with Gasteiger partial charge in [-0.1, -0.05) is 35.9 Å². The third kappa shape index (κ3) is 5.55. The first-order valence-corrected chi connectivity index (χ1v) is 13.5. The molecule has 0 aliphatic heterocycles. The first-order chi connectivity index (χ1) is 15.9. The van der Waals surface area contributed by atoms with Crippen molar-refractivity contribution in [3.63, 3.8) is 0 Å². The Balaban J connectivity index is 1.70. The second-order valence-corrected chi connectivity index (χ2v) is 12.6. The molecular formula is C26H26ClN3O2S2. The highest BCUT2D eigenvalue weighted by molar-refractivity contribution is 7.91. The zero-order valence-corrected chi connectivity index (χ0v) is 22.1. The first-order valence-electron chi connectivity index (χ1n) is 10.8. The van der Waals surface area contributed by atoms with Crippen molar-refractivity contribution >= 4 is 33.0 Å². The Hall–Kier alpha value is -2.58. The van der Waals surface area contributed by atoms with Crippen LogP contribution in [0.1, 0.15) is 32.0 Å². The van der Waals surface area contributed by atoms with Crippen molar-refractivity contribution in [3.8, 4) is 33.1 Å². The molecule has 0 amide bonds. The fourth-order valence-corrected chi connectivity index (χ4v) is 6.37. The van der Waals surface area contributed by atoms with E-state index in [4.69, 9.17) is 16.6 Å². The molecule has 2 aromatic carbocycles. The van der Waals surface area contributed by atoms with Gasteiger partial charge < -0.3 is 0 Å². The SMILES string of the molecule is Cc1cc(-c2ccc(Cl)c(C)c2)nc(-c2cccc(-c3ccc(S(=O)(=O)NC(C)(C)C)s3)c2)n1. The van der Waals surface area contributed by atoms with Crippen LogP contribution in [0.2, 0.25) is 5.02 Å². The molecule has 0 saturated carbocycles. The molecule has 0 fully saturated rings. The van der Waals surface area contributed by atoms with E-state index in [-0.39, 0.29) is 4.21 Å². The molecule has 4 aromatic rings. The van der Waals surface area contributed by atoms with E-state index < -0.39 is 15.6 Å². The molecule has 0 aliphatic rings. The third-order valence-corrected chi connectivity index (χ3v) is 8.81. The Bertz CT molecular complexity index is 1470. The number of nitrogens with zero attached hydrogens (tertiary/aromatic N) is 2. The van der Waals surface area contributed by atoms with Gasteiger partial charge in [0.1, 0.15) is 4.21 Å². The van der Waals surface area contributed by atoms with Crippen molar-refractivity contribution in [1.29, 1.82) is 0 Å². The fraction of sp³-hybridized carbons (Fsp3) is 0.231. The van der Waals surface area contributed by atoms with Crippen LogP contribution in [-0.2, 0) is 10.0 Å². The van der Waals surface area contributed by atoms with E-state index in [2.05, 4.69) is 9.71 Å². The van der Waals surface area contributed by atoms with Crippen LogP contribution >= 0.6 is 22.9 Å². The summed E-state index contributed by atoms with van der Waals surface area (Å²) >= 11 is 7.43. The molecule has 5 nitrogen and oxygen atoms in total. The van der Waals surface area contributed by atoms with Crippen LogP contribution in [0.4, 0.5) is 0 Å². The molecule has 0 aliphatic carbocycles. The second kappa shape index (κ2) is 9.23. The summed E-state index contributed by atoms with van der Waals surface area (Å²) in [7, 11) is -3.58. The van der Waals surface area contributed by atoms with Gasteiger partial charge in [0.2, 0.25) is 0 Å². The van der Waals surface area contributed by atoms with Crippen molar-refractivity contribution in [1.82, 2.24) is 14.7 Å². The number of halogens is 1. The van der Waals surface area contributed by atoms with Crippen molar-refractivity contribution in [2.75, 3.05) is 0 Å². The minimum Gasteiger partial charge on any atom is -0.233 e. The Labute approximate surface area is 209 Å². The van der Waals surface area contributed by atoms with Gasteiger partial charge in [-0.3, -0.25) is 0 Å². The smallest absolute Gasteiger partial charge is 0.233 e. The number of hydrogen-bond acceptors (Lipinski definition) is 5. The molecule has 2 aromatic heterocycles. The number of rotatable bonds is 5. The standard InChI is InChI=1S/C26H26ClN3O2S2/c1-16-13-18(9-10-21(16)27)22-14-17(2)28-25(29-22)20-8-6-7-19(15-20)23-11-12-24(33-23)34(31,32)30-26(3,4)5/h6-15,30H,1-5H3. The maximum atomic E-state index is 12.7. The number of thiophene rings is 1. The van der Waals surface area contributed by atoms with Crippen LogP contribution in [0.3, 0.4) is 0 Å². The first kappa shape index (κ1) is 24.5. The van der Waals surface area contributed by atoms with Crippen molar-refractivity contribution in [3.05, 3.63) is 76.9 Å². The summed E-state index contributed by atoms with van der Waals surface area (Å²) in [5.74, 6) is 0.614. The lowest BCUT2D eigenvalue weighted by Gasteiger charge is -2.19. The van der Waals surface area contributed by atoms with Gasteiger partial charge in [0.25, 0.3) is 10.0 Å². The molecule has 8 heteroatoms. The van der Waals surface area contributed by atoms with E-state index in [0.29, 0.717) is 5.82 Å². The number of aryl methyl sites for hydroxylation is 2. The van der Waals surface area contributed by atoms with Crippen LogP contribution in [0.25, 0.3) is 33.1 Å². The Kier molecular flexibility index (Phi) is 6.66. The Morgan fingerprint density at radius 1 is 0.882 bits per heavy atom. The molecule has 0 bridgehead atoms. The van der Waals surface area contributed by atoms with Crippen LogP contribution in [0, 0.1) is 13.8 Å². The van der Waals surface area contributed by atoms with Gasteiger partial charge in [-0.25, -0.2) is 23.1 Å². The maximum absolute atomic E-state index is 12.7. The van der Waals surface area contributed by atoms with Crippen LogP contribution in [0.15, 0.2) is 64.9 Å². The minimum absolute atomic E-state index is 0.287. The molecule has 176 valence electrons. The van der Waals surface area contributed by atoms with Gasteiger partial charge in [-0.2, -0.15) is 0 Å². The van der Waals surface area contributed by atoms with Gasteiger partial charge in [-0.05, 0) is 82.1 Å². The summed E-state index contributed by atoms with van der Waals surface area (Å²) in [6.07, 6.45) is 0. The summed E-state index contributed by atoms with van der Waals surface area (Å²) in [5.41, 5.74) is 4.87. The average molecular weight is 512 g/mol. The largest absolute Gasteiger partial charge is 0.250 e. The van der Waals surface area contributed by atoms with E-state index in [0.717, 1.165) is 43.5 Å². The van der Waals surface area contributed by atoms with Crippen molar-refractivity contribution < 1.29 is 8.42 Å². The third-order valence-electron chi connectivity index (χ3n) is 5.00. The summed E-state index contributed by atoms with van der Waals surface area (Å²) in [6.45, 7) is 9.38. The number of benzene rings is 2. The summed E-state index contributed by atoms with van der Waals surface area (Å²) in [4.78, 5) is 10.3. The van der Waals surface area contributed by atoms with Crippen LogP contribution in [-0.4, -0.2) is 23.9 Å². The van der Waals surface area contributed by atoms with E-state index in [1.807, 2.05) is 89.2 Å². The highest BCUT2D eigenvalue weighted by Gasteiger charge is 2.24. The molecule has 0 saturated heterocycles. The van der Waals surface area contributed by atoms with E-state index in [9.17, 15) is 8.42 Å². The number of nitrogens with one attached hydrogen (secondary N) is 1.